The third-order valence-electron chi connectivity index (χ3n) is 4.16. The number of ether oxygens (including phenoxy) is 1. The minimum Gasteiger partial charge on any atom is -0.370 e. The fourth-order valence-electron chi connectivity index (χ4n) is 2.87. The van der Waals surface area contributed by atoms with Crippen molar-refractivity contribution in [3.63, 3.8) is 0 Å². The molecule has 0 saturated carbocycles. The van der Waals surface area contributed by atoms with E-state index < -0.39 is 10.0 Å². The molecule has 2 heterocycles. The molecular weight excluding hydrogens is 328 g/mol. The van der Waals surface area contributed by atoms with Gasteiger partial charge in [-0.3, -0.25) is 0 Å². The van der Waals surface area contributed by atoms with Crippen molar-refractivity contribution in [2.75, 3.05) is 13.2 Å². The van der Waals surface area contributed by atoms with Crippen LogP contribution in [0.5, 0.6) is 0 Å². The predicted molar refractivity (Wildman–Crippen MR) is 86.4 cm³/mol. The monoisotopic (exact) mass is 346 g/mol. The molecule has 1 aliphatic heterocycles. The largest absolute Gasteiger partial charge is 0.370 e. The summed E-state index contributed by atoms with van der Waals surface area (Å²) in [7, 11) is -1.86. The lowest BCUT2D eigenvalue weighted by atomic mass is 10.0. The van der Waals surface area contributed by atoms with Crippen molar-refractivity contribution in [2.24, 2.45) is 13.0 Å². The van der Waals surface area contributed by atoms with Crippen LogP contribution in [0.15, 0.2) is 41.6 Å². The topological polar surface area (TPSA) is 97.0 Å². The Kier molecular flexibility index (Phi) is 4.66. The van der Waals surface area contributed by atoms with Gasteiger partial charge in [0.1, 0.15) is 18.0 Å². The third kappa shape index (κ3) is 3.19. The summed E-state index contributed by atoms with van der Waals surface area (Å²) in [6.07, 6.45) is 4.04. The van der Waals surface area contributed by atoms with E-state index in [2.05, 4.69) is 9.71 Å². The molecule has 2 aromatic rings. The molecule has 1 aromatic heterocycles. The van der Waals surface area contributed by atoms with Crippen molar-refractivity contribution >= 4 is 10.0 Å². The number of aromatic nitrogens is 2. The normalized spacial score (nSPS) is 20.8. The summed E-state index contributed by atoms with van der Waals surface area (Å²) in [5.41, 5.74) is 0.133. The molecule has 2 atom stereocenters. The van der Waals surface area contributed by atoms with E-state index in [-0.39, 0.29) is 29.0 Å². The first-order valence-corrected chi connectivity index (χ1v) is 9.09. The number of nitriles is 1. The molecule has 24 heavy (non-hydrogen) atoms. The third-order valence-corrected chi connectivity index (χ3v) is 5.64. The first kappa shape index (κ1) is 16.6. The van der Waals surface area contributed by atoms with Crippen LogP contribution < -0.4 is 4.72 Å². The maximum atomic E-state index is 12.5. The number of benzene rings is 1. The van der Waals surface area contributed by atoms with Crippen molar-refractivity contribution in [1.82, 2.24) is 14.3 Å². The number of hydrogen-bond acceptors (Lipinski definition) is 5. The Morgan fingerprint density at radius 1 is 1.46 bits per heavy atom. The van der Waals surface area contributed by atoms with Crippen molar-refractivity contribution in [2.45, 2.75) is 17.4 Å². The van der Waals surface area contributed by atoms with Crippen LogP contribution in [0.25, 0.3) is 0 Å². The van der Waals surface area contributed by atoms with Gasteiger partial charge in [0, 0.05) is 38.5 Å². The average molecular weight is 346 g/mol. The van der Waals surface area contributed by atoms with Crippen LogP contribution in [0.3, 0.4) is 0 Å². The first-order chi connectivity index (χ1) is 11.5. The molecule has 1 aliphatic rings. The molecule has 1 N–H and O–H groups in total. The van der Waals surface area contributed by atoms with Gasteiger partial charge in [-0.1, -0.05) is 12.1 Å². The summed E-state index contributed by atoms with van der Waals surface area (Å²) >= 11 is 0. The molecule has 0 radical (unpaired) electrons. The molecule has 1 saturated heterocycles. The maximum absolute atomic E-state index is 12.5. The van der Waals surface area contributed by atoms with E-state index in [1.54, 1.807) is 18.3 Å². The molecule has 126 valence electrons. The number of nitrogens with one attached hydrogen (secondary N) is 1. The minimum atomic E-state index is -3.75. The fourth-order valence-corrected chi connectivity index (χ4v) is 4.12. The average Bonchev–Trinajstić information content (AvgIpc) is 3.21. The number of sulfonamides is 1. The van der Waals surface area contributed by atoms with Gasteiger partial charge in [0.2, 0.25) is 10.0 Å². The maximum Gasteiger partial charge on any atom is 0.241 e. The highest BCUT2D eigenvalue weighted by Crippen LogP contribution is 2.33. The van der Waals surface area contributed by atoms with Crippen LogP contribution in [0.1, 0.15) is 23.9 Å². The van der Waals surface area contributed by atoms with E-state index in [0.717, 1.165) is 12.2 Å². The van der Waals surface area contributed by atoms with Crippen molar-refractivity contribution in [3.8, 4) is 6.07 Å². The van der Waals surface area contributed by atoms with Crippen molar-refractivity contribution in [1.29, 1.82) is 5.26 Å². The smallest absolute Gasteiger partial charge is 0.241 e. The van der Waals surface area contributed by atoms with Crippen LogP contribution in [-0.4, -0.2) is 31.1 Å². The van der Waals surface area contributed by atoms with Gasteiger partial charge in [0.15, 0.2) is 0 Å². The Labute approximate surface area is 140 Å². The number of aryl methyl sites for hydroxylation is 1. The number of rotatable bonds is 5. The van der Waals surface area contributed by atoms with Gasteiger partial charge >= 0.3 is 0 Å². The van der Waals surface area contributed by atoms with Gasteiger partial charge in [-0.15, -0.1) is 0 Å². The van der Waals surface area contributed by atoms with Crippen LogP contribution in [0.2, 0.25) is 0 Å². The summed E-state index contributed by atoms with van der Waals surface area (Å²) in [4.78, 5) is 4.30. The first-order valence-electron chi connectivity index (χ1n) is 7.60. The molecule has 7 nitrogen and oxygen atoms in total. The Morgan fingerprint density at radius 3 is 2.96 bits per heavy atom. The number of nitrogens with zero attached hydrogens (tertiary/aromatic N) is 3. The number of imidazole rings is 1. The van der Waals surface area contributed by atoms with Crippen LogP contribution >= 0.6 is 0 Å². The Hall–Kier alpha value is -2.21. The Morgan fingerprint density at radius 2 is 2.25 bits per heavy atom. The minimum absolute atomic E-state index is 0.0000398. The standard InChI is InChI=1S/C16H18N4O3S/c1-20-8-7-18-16(20)15-13(6-9-23-15)11-19-24(21,22)14-5-3-2-4-12(14)10-17/h2-5,7-8,13,15,19H,6,9,11H2,1H3/t13-,15+/m0/s1. The summed E-state index contributed by atoms with van der Waals surface area (Å²) in [6.45, 7) is 0.804. The van der Waals surface area contributed by atoms with E-state index >= 15 is 0 Å². The highest BCUT2D eigenvalue weighted by atomic mass is 32.2. The highest BCUT2D eigenvalue weighted by Gasteiger charge is 2.33. The van der Waals surface area contributed by atoms with Gasteiger partial charge in [-0.25, -0.2) is 18.1 Å². The molecule has 0 spiro atoms. The second-order valence-corrected chi connectivity index (χ2v) is 7.43. The lowest BCUT2D eigenvalue weighted by Crippen LogP contribution is -2.31. The van der Waals surface area contributed by atoms with Gasteiger partial charge in [0.25, 0.3) is 0 Å². The lowest BCUT2D eigenvalue weighted by molar-refractivity contribution is 0.0823. The highest BCUT2D eigenvalue weighted by molar-refractivity contribution is 7.89. The zero-order chi connectivity index (χ0) is 17.2. The molecule has 8 heteroatoms. The van der Waals surface area contributed by atoms with E-state index in [1.807, 2.05) is 23.9 Å². The molecule has 0 bridgehead atoms. The summed E-state index contributed by atoms with van der Waals surface area (Å²) < 4.78 is 35.2. The predicted octanol–water partition coefficient (Wildman–Crippen LogP) is 1.35. The van der Waals surface area contributed by atoms with Crippen LogP contribution in [-0.2, 0) is 21.8 Å². The molecule has 0 aliphatic carbocycles. The van der Waals surface area contributed by atoms with Crippen LogP contribution in [0.4, 0.5) is 0 Å². The molecular formula is C16H18N4O3S. The SMILES string of the molecule is Cn1ccnc1[C@@H]1OCC[C@H]1CNS(=O)(=O)c1ccccc1C#N. The van der Waals surface area contributed by atoms with Gasteiger partial charge in [0.05, 0.1) is 10.5 Å². The zero-order valence-corrected chi connectivity index (χ0v) is 14.0. The van der Waals surface area contributed by atoms with Gasteiger partial charge in [-0.2, -0.15) is 5.26 Å². The second kappa shape index (κ2) is 6.73. The molecule has 0 amide bonds. The summed E-state index contributed by atoms with van der Waals surface area (Å²) in [6, 6.07) is 8.07. The van der Waals surface area contributed by atoms with Crippen molar-refractivity contribution in [3.05, 3.63) is 48.0 Å². The molecule has 0 unspecified atom stereocenters. The van der Waals surface area contributed by atoms with Gasteiger partial charge in [-0.05, 0) is 18.6 Å². The summed E-state index contributed by atoms with van der Waals surface area (Å²) in [5, 5.41) is 9.09. The summed E-state index contributed by atoms with van der Waals surface area (Å²) in [5.74, 6) is 0.782. The number of hydrogen-bond donors (Lipinski definition) is 1. The van der Waals surface area contributed by atoms with E-state index in [9.17, 15) is 8.42 Å². The second-order valence-electron chi connectivity index (χ2n) is 5.70. The van der Waals surface area contributed by atoms with Crippen LogP contribution in [0, 0.1) is 17.2 Å². The van der Waals surface area contributed by atoms with E-state index in [0.29, 0.717) is 6.61 Å². The zero-order valence-electron chi connectivity index (χ0n) is 13.2. The lowest BCUT2D eigenvalue weighted by Gasteiger charge is -2.19. The fraction of sp³-hybridized carbons (Fsp3) is 0.375. The Balaban J connectivity index is 1.75. The quantitative estimate of drug-likeness (QED) is 0.881. The van der Waals surface area contributed by atoms with E-state index in [4.69, 9.17) is 10.00 Å². The van der Waals surface area contributed by atoms with E-state index in [1.165, 1.54) is 12.1 Å². The molecule has 3 rings (SSSR count). The molecule has 1 fully saturated rings. The van der Waals surface area contributed by atoms with Crippen molar-refractivity contribution < 1.29 is 13.2 Å². The molecule has 1 aromatic carbocycles. The Bertz CT molecular complexity index is 869. The van der Waals surface area contributed by atoms with Gasteiger partial charge < -0.3 is 9.30 Å².